The molecule has 0 radical (unpaired) electrons. The van der Waals surface area contributed by atoms with Gasteiger partial charge < -0.3 is 9.47 Å². The zero-order valence-electron chi connectivity index (χ0n) is 26.7. The Morgan fingerprint density at radius 1 is 0.462 bits per heavy atom. The minimum Gasteiger partial charge on any atom is -0.378 e. The molecule has 2 saturated heterocycles. The molecule has 3 heteroatoms. The number of unbranched alkanes of at least 4 members (excludes halogenated alkanes) is 18. The Hall–Kier alpha value is 0.270. The quantitative estimate of drug-likeness (QED) is 0.0877. The van der Waals surface area contributed by atoms with Crippen molar-refractivity contribution >= 4 is 11.8 Å². The molecule has 0 aromatic rings. The molecule has 2 aliphatic rings. The van der Waals surface area contributed by atoms with Gasteiger partial charge in [0.15, 0.2) is 0 Å². The van der Waals surface area contributed by atoms with E-state index in [9.17, 15) is 0 Å². The molecule has 0 aliphatic carbocycles. The fourth-order valence-electron chi connectivity index (χ4n) is 6.71. The van der Waals surface area contributed by atoms with Crippen LogP contribution in [-0.4, -0.2) is 35.9 Å². The third-order valence-corrected chi connectivity index (χ3v) is 10.7. The maximum Gasteiger partial charge on any atom is 0.0576 e. The third kappa shape index (κ3) is 21.6. The zero-order chi connectivity index (χ0) is 27.6. The summed E-state index contributed by atoms with van der Waals surface area (Å²) in [4.78, 5) is 0. The first-order valence-electron chi connectivity index (χ1n) is 18.1. The van der Waals surface area contributed by atoms with Gasteiger partial charge in [-0.3, -0.25) is 0 Å². The Morgan fingerprint density at radius 3 is 1.08 bits per heavy atom. The van der Waals surface area contributed by atoms with Crippen LogP contribution in [0.3, 0.4) is 0 Å². The second-order valence-electron chi connectivity index (χ2n) is 13.3. The van der Waals surface area contributed by atoms with Crippen LogP contribution in [-0.2, 0) is 9.47 Å². The molecule has 0 spiro atoms. The van der Waals surface area contributed by atoms with Crippen molar-refractivity contribution in [3.8, 4) is 0 Å². The summed E-state index contributed by atoms with van der Waals surface area (Å²) in [6, 6.07) is 0. The van der Waals surface area contributed by atoms with Crippen LogP contribution >= 0.6 is 11.8 Å². The molecular weight excluding hydrogens is 496 g/mol. The molecule has 4 atom stereocenters. The van der Waals surface area contributed by atoms with Crippen LogP contribution in [0.15, 0.2) is 0 Å². The van der Waals surface area contributed by atoms with E-state index in [0.717, 1.165) is 23.7 Å². The molecule has 39 heavy (non-hydrogen) atoms. The number of thioether (sulfide) groups is 1. The Kier molecular flexibility index (Phi) is 23.6. The summed E-state index contributed by atoms with van der Waals surface area (Å²) >= 11 is 2.26. The predicted molar refractivity (Wildman–Crippen MR) is 175 cm³/mol. The summed E-state index contributed by atoms with van der Waals surface area (Å²) in [6.07, 6.45) is 40.8. The standard InChI is InChI=1S/C36H70O2S/c1-33(25-19-15-11-7-3-5-9-13-17-21-27-35-29-23-31-37-35)39-34(2)26-20-16-12-8-4-6-10-14-18-22-28-36-30-24-32-38-36/h33-36H,3-32H2,1-2H3. The molecule has 0 aromatic heterocycles. The van der Waals surface area contributed by atoms with Crippen LogP contribution < -0.4 is 0 Å². The van der Waals surface area contributed by atoms with Crippen molar-refractivity contribution in [2.75, 3.05) is 13.2 Å². The van der Waals surface area contributed by atoms with Gasteiger partial charge in [0, 0.05) is 23.7 Å². The van der Waals surface area contributed by atoms with Crippen LogP contribution in [0, 0.1) is 0 Å². The summed E-state index contributed by atoms with van der Waals surface area (Å²) in [5.74, 6) is 0. The van der Waals surface area contributed by atoms with Gasteiger partial charge in [0.2, 0.25) is 0 Å². The zero-order valence-corrected chi connectivity index (χ0v) is 27.6. The monoisotopic (exact) mass is 567 g/mol. The van der Waals surface area contributed by atoms with Gasteiger partial charge in [-0.1, -0.05) is 142 Å². The SMILES string of the molecule is CC(CCCCCCCCCCCCC1CCCO1)SC(C)CCCCCCCCCCCCC1CCCO1. The van der Waals surface area contributed by atoms with Crippen molar-refractivity contribution in [2.45, 2.75) is 216 Å². The van der Waals surface area contributed by atoms with Gasteiger partial charge in [0.1, 0.15) is 0 Å². The molecular formula is C36H70O2S. The topological polar surface area (TPSA) is 18.5 Å². The van der Waals surface area contributed by atoms with E-state index in [1.165, 1.54) is 180 Å². The molecule has 0 aromatic carbocycles. The molecule has 2 rings (SSSR count). The first-order valence-corrected chi connectivity index (χ1v) is 19.1. The average Bonchev–Trinajstić information content (AvgIpc) is 3.64. The first kappa shape index (κ1) is 35.5. The highest BCUT2D eigenvalue weighted by Crippen LogP contribution is 2.26. The Morgan fingerprint density at radius 2 is 0.769 bits per heavy atom. The molecule has 2 heterocycles. The van der Waals surface area contributed by atoms with Crippen molar-refractivity contribution in [3.63, 3.8) is 0 Å². The average molecular weight is 567 g/mol. The molecule has 2 aliphatic heterocycles. The van der Waals surface area contributed by atoms with Crippen LogP contribution in [0.4, 0.5) is 0 Å². The van der Waals surface area contributed by atoms with Crippen molar-refractivity contribution < 1.29 is 9.47 Å². The summed E-state index contributed by atoms with van der Waals surface area (Å²) in [7, 11) is 0. The van der Waals surface area contributed by atoms with Gasteiger partial charge >= 0.3 is 0 Å². The molecule has 232 valence electrons. The lowest BCUT2D eigenvalue weighted by Gasteiger charge is -2.17. The van der Waals surface area contributed by atoms with Gasteiger partial charge in [0.05, 0.1) is 12.2 Å². The lowest BCUT2D eigenvalue weighted by Crippen LogP contribution is -2.05. The largest absolute Gasteiger partial charge is 0.378 e. The van der Waals surface area contributed by atoms with Crippen molar-refractivity contribution in [3.05, 3.63) is 0 Å². The minimum atomic E-state index is 0.603. The van der Waals surface area contributed by atoms with E-state index < -0.39 is 0 Å². The van der Waals surface area contributed by atoms with Crippen LogP contribution in [0.25, 0.3) is 0 Å². The maximum absolute atomic E-state index is 5.73. The minimum absolute atomic E-state index is 0.603. The lowest BCUT2D eigenvalue weighted by atomic mass is 10.0. The van der Waals surface area contributed by atoms with Crippen molar-refractivity contribution in [1.82, 2.24) is 0 Å². The molecule has 0 bridgehead atoms. The fourth-order valence-corrected chi connectivity index (χ4v) is 8.11. The number of ether oxygens (including phenoxy) is 2. The van der Waals surface area contributed by atoms with Gasteiger partial charge in [-0.25, -0.2) is 0 Å². The number of rotatable bonds is 28. The molecule has 4 unspecified atom stereocenters. The normalized spacial score (nSPS) is 21.1. The van der Waals surface area contributed by atoms with Gasteiger partial charge in [-0.15, -0.1) is 0 Å². The summed E-state index contributed by atoms with van der Waals surface area (Å²) in [5, 5.41) is 1.70. The Bertz CT molecular complexity index is 456. The Labute approximate surface area is 250 Å². The third-order valence-electron chi connectivity index (χ3n) is 9.29. The summed E-state index contributed by atoms with van der Waals surface area (Å²) in [6.45, 7) is 6.98. The second-order valence-corrected chi connectivity index (χ2v) is 15.1. The number of hydrogen-bond donors (Lipinski definition) is 0. The van der Waals surface area contributed by atoms with Crippen LogP contribution in [0.5, 0.6) is 0 Å². The van der Waals surface area contributed by atoms with Crippen LogP contribution in [0.1, 0.15) is 194 Å². The van der Waals surface area contributed by atoms with E-state index in [1.807, 2.05) is 0 Å². The fraction of sp³-hybridized carbons (Fsp3) is 1.00. The van der Waals surface area contributed by atoms with E-state index in [1.54, 1.807) is 0 Å². The van der Waals surface area contributed by atoms with Gasteiger partial charge in [-0.2, -0.15) is 11.8 Å². The predicted octanol–water partition coefficient (Wildman–Crippen LogP) is 12.2. The summed E-state index contributed by atoms with van der Waals surface area (Å²) < 4.78 is 11.5. The maximum atomic E-state index is 5.73. The smallest absolute Gasteiger partial charge is 0.0576 e. The van der Waals surface area contributed by atoms with Crippen LogP contribution in [0.2, 0.25) is 0 Å². The molecule has 0 amide bonds. The number of hydrogen-bond acceptors (Lipinski definition) is 3. The second kappa shape index (κ2) is 25.9. The van der Waals surface area contributed by atoms with E-state index in [2.05, 4.69) is 25.6 Å². The molecule has 0 N–H and O–H groups in total. The van der Waals surface area contributed by atoms with Gasteiger partial charge in [0.25, 0.3) is 0 Å². The van der Waals surface area contributed by atoms with Crippen molar-refractivity contribution in [2.24, 2.45) is 0 Å². The van der Waals surface area contributed by atoms with Gasteiger partial charge in [-0.05, 0) is 51.4 Å². The first-order chi connectivity index (χ1) is 19.2. The van der Waals surface area contributed by atoms with Crippen molar-refractivity contribution in [1.29, 1.82) is 0 Å². The van der Waals surface area contributed by atoms with E-state index in [4.69, 9.17) is 9.47 Å². The van der Waals surface area contributed by atoms with E-state index >= 15 is 0 Å². The highest BCUT2D eigenvalue weighted by Gasteiger charge is 2.15. The Balaban J connectivity index is 1.22. The molecule has 2 nitrogen and oxygen atoms in total. The van der Waals surface area contributed by atoms with E-state index in [0.29, 0.717) is 12.2 Å². The van der Waals surface area contributed by atoms with E-state index in [-0.39, 0.29) is 0 Å². The highest BCUT2D eigenvalue weighted by atomic mass is 32.2. The lowest BCUT2D eigenvalue weighted by molar-refractivity contribution is 0.102. The summed E-state index contributed by atoms with van der Waals surface area (Å²) in [5.41, 5.74) is 0. The molecule has 2 fully saturated rings. The highest BCUT2D eigenvalue weighted by molar-refractivity contribution is 8.00. The molecule has 0 saturated carbocycles.